The average molecular weight is 675 g/mol. The lowest BCUT2D eigenvalue weighted by Crippen LogP contribution is -2.29. The molecule has 0 aliphatic heterocycles. The van der Waals surface area contributed by atoms with Crippen molar-refractivity contribution in [1.29, 1.82) is 0 Å². The molecular weight excluding hydrogens is 628 g/mol. The van der Waals surface area contributed by atoms with Crippen LogP contribution in [0.4, 0.5) is 16.3 Å². The Labute approximate surface area is 286 Å². The van der Waals surface area contributed by atoms with Gasteiger partial charge in [0.15, 0.2) is 17.3 Å². The van der Waals surface area contributed by atoms with Gasteiger partial charge < -0.3 is 19.5 Å². The minimum atomic E-state index is -0.707. The second kappa shape index (κ2) is 19.0. The van der Waals surface area contributed by atoms with E-state index in [0.717, 1.165) is 24.8 Å². The number of H-pyrrole nitrogens is 1. The van der Waals surface area contributed by atoms with E-state index >= 15 is 0 Å². The van der Waals surface area contributed by atoms with Gasteiger partial charge in [0, 0.05) is 30.8 Å². The van der Waals surface area contributed by atoms with Gasteiger partial charge in [0.2, 0.25) is 5.91 Å². The number of esters is 2. The first-order valence-corrected chi connectivity index (χ1v) is 16.9. The molecule has 0 fully saturated rings. The number of anilines is 2. The first-order valence-electron chi connectivity index (χ1n) is 16.9. The van der Waals surface area contributed by atoms with Crippen molar-refractivity contribution in [3.8, 4) is 17.1 Å². The summed E-state index contributed by atoms with van der Waals surface area (Å²) in [5.74, 6) is -0.170. The number of methoxy groups -OCH3 is 1. The minimum Gasteiger partial charge on any atom is -0.466 e. The fraction of sp³-hybridized carbons (Fsp3) is 0.444. The number of benzene rings is 2. The maximum absolute atomic E-state index is 12.7. The molecule has 0 saturated carbocycles. The summed E-state index contributed by atoms with van der Waals surface area (Å²) in [7, 11) is 2.78. The highest BCUT2D eigenvalue weighted by molar-refractivity contribution is 5.93. The van der Waals surface area contributed by atoms with Crippen LogP contribution in [0, 0.1) is 0 Å². The van der Waals surface area contributed by atoms with Gasteiger partial charge in [0.05, 0.1) is 25.7 Å². The van der Waals surface area contributed by atoms with Crippen LogP contribution in [0.25, 0.3) is 17.0 Å². The Kier molecular flexibility index (Phi) is 14.2. The zero-order chi connectivity index (χ0) is 35.0. The summed E-state index contributed by atoms with van der Waals surface area (Å²) in [4.78, 5) is 54.7. The summed E-state index contributed by atoms with van der Waals surface area (Å²) in [6.45, 7) is 2.63. The van der Waals surface area contributed by atoms with Gasteiger partial charge >= 0.3 is 18.0 Å². The predicted molar refractivity (Wildman–Crippen MR) is 186 cm³/mol. The van der Waals surface area contributed by atoms with E-state index < -0.39 is 12.1 Å². The quantitative estimate of drug-likeness (QED) is 0.0768. The number of amides is 2. The van der Waals surface area contributed by atoms with E-state index in [-0.39, 0.29) is 36.0 Å². The molecular formula is C36H46N6O7. The summed E-state index contributed by atoms with van der Waals surface area (Å²) in [5, 5.41) is 10.2. The van der Waals surface area contributed by atoms with Gasteiger partial charge in [0.1, 0.15) is 5.75 Å². The largest absolute Gasteiger partial charge is 0.466 e. The molecule has 0 spiro atoms. The zero-order valence-electron chi connectivity index (χ0n) is 28.5. The van der Waals surface area contributed by atoms with Crippen LogP contribution in [0.15, 0.2) is 54.6 Å². The third-order valence-electron chi connectivity index (χ3n) is 7.95. The van der Waals surface area contributed by atoms with Gasteiger partial charge in [-0.1, -0.05) is 70.8 Å². The Morgan fingerprint density at radius 1 is 0.878 bits per heavy atom. The average Bonchev–Trinajstić information content (AvgIpc) is 3.69. The maximum atomic E-state index is 12.7. The number of aromatic amines is 1. The third-order valence-corrected chi connectivity index (χ3v) is 7.95. The topological polar surface area (TPSA) is 157 Å². The first-order chi connectivity index (χ1) is 23.8. The summed E-state index contributed by atoms with van der Waals surface area (Å²) in [6.07, 6.45) is 11.5. The summed E-state index contributed by atoms with van der Waals surface area (Å²) >= 11 is 0. The van der Waals surface area contributed by atoms with Crippen LogP contribution < -0.4 is 15.0 Å². The molecule has 2 N–H and O–H groups in total. The highest BCUT2D eigenvalue weighted by Crippen LogP contribution is 2.22. The van der Waals surface area contributed by atoms with Crippen LogP contribution in [0.1, 0.15) is 94.3 Å². The first kappa shape index (κ1) is 36.6. The second-order valence-corrected chi connectivity index (χ2v) is 11.8. The fourth-order valence-electron chi connectivity index (χ4n) is 5.12. The molecule has 0 aliphatic rings. The van der Waals surface area contributed by atoms with E-state index in [1.54, 1.807) is 48.5 Å². The standard InChI is InChI=1S/C36H46N6O7/c1-4-5-6-7-8-9-10-11-12-13-23-48-33(44)22-21-32(43)37-28-19-17-26(18-20-28)34-38-30-25-31(39-42(30)40-34)41(2)36(46)49-29-16-14-15-27(24-29)35(45)47-3/h14-20,24-25H,4-13,21-23H2,1-3H3,(H,37,43)(H,38,40). The number of rotatable bonds is 19. The van der Waals surface area contributed by atoms with Crippen LogP contribution in [0.5, 0.6) is 5.75 Å². The zero-order valence-corrected chi connectivity index (χ0v) is 28.5. The fourth-order valence-corrected chi connectivity index (χ4v) is 5.12. The van der Waals surface area contributed by atoms with Crippen LogP contribution in [0.2, 0.25) is 0 Å². The van der Waals surface area contributed by atoms with Crippen molar-refractivity contribution >= 4 is 41.1 Å². The Bertz CT molecular complexity index is 1650. The lowest BCUT2D eigenvalue weighted by molar-refractivity contribution is -0.144. The van der Waals surface area contributed by atoms with Crippen molar-refractivity contribution in [2.24, 2.45) is 0 Å². The minimum absolute atomic E-state index is 0.0331. The summed E-state index contributed by atoms with van der Waals surface area (Å²) in [5.41, 5.74) is 2.06. The van der Waals surface area contributed by atoms with Gasteiger partial charge in [-0.3, -0.25) is 19.6 Å². The number of unbranched alkanes of at least 4 members (excludes halogenated alkanes) is 9. The van der Waals surface area contributed by atoms with Crippen molar-refractivity contribution in [1.82, 2.24) is 19.8 Å². The van der Waals surface area contributed by atoms with Crippen molar-refractivity contribution in [2.45, 2.75) is 84.0 Å². The number of hydrogen-bond donors (Lipinski definition) is 2. The molecule has 2 amide bonds. The van der Waals surface area contributed by atoms with Crippen molar-refractivity contribution < 1.29 is 33.4 Å². The lowest BCUT2D eigenvalue weighted by atomic mass is 10.1. The van der Waals surface area contributed by atoms with Gasteiger partial charge in [-0.05, 0) is 48.9 Å². The van der Waals surface area contributed by atoms with Gasteiger partial charge in [-0.2, -0.15) is 4.63 Å². The lowest BCUT2D eigenvalue weighted by Gasteiger charge is -2.14. The van der Waals surface area contributed by atoms with Crippen LogP contribution in [-0.4, -0.2) is 64.5 Å². The van der Waals surface area contributed by atoms with Crippen LogP contribution in [0.3, 0.4) is 0 Å². The molecule has 13 heteroatoms. The van der Waals surface area contributed by atoms with E-state index in [0.29, 0.717) is 29.6 Å². The highest BCUT2D eigenvalue weighted by atomic mass is 16.6. The molecule has 0 atom stereocenters. The highest BCUT2D eigenvalue weighted by Gasteiger charge is 2.19. The van der Waals surface area contributed by atoms with E-state index in [9.17, 15) is 19.2 Å². The number of hydrogen-bond acceptors (Lipinski definition) is 9. The second-order valence-electron chi connectivity index (χ2n) is 11.8. The molecule has 4 aromatic rings. The van der Waals surface area contributed by atoms with Crippen LogP contribution >= 0.6 is 0 Å². The predicted octanol–water partition coefficient (Wildman–Crippen LogP) is 7.33. The Hall–Kier alpha value is -5.20. The molecule has 2 aromatic heterocycles. The van der Waals surface area contributed by atoms with Crippen LogP contribution in [-0.2, 0) is 19.1 Å². The third kappa shape index (κ3) is 11.5. The van der Waals surface area contributed by atoms with Crippen molar-refractivity contribution in [2.75, 3.05) is 31.0 Å². The number of carbonyl (C=O) groups excluding carboxylic acids is 4. The van der Waals surface area contributed by atoms with E-state index in [1.807, 2.05) is 0 Å². The van der Waals surface area contributed by atoms with E-state index in [2.05, 4.69) is 27.4 Å². The van der Waals surface area contributed by atoms with Gasteiger partial charge in [-0.15, -0.1) is 5.10 Å². The Balaban J connectivity index is 1.16. The molecule has 0 unspecified atom stereocenters. The molecule has 0 saturated heterocycles. The number of fused-ring (bicyclic) bond motifs is 1. The molecule has 0 radical (unpaired) electrons. The molecule has 2 aromatic carbocycles. The molecule has 0 bridgehead atoms. The van der Waals surface area contributed by atoms with E-state index in [4.69, 9.17) is 14.2 Å². The number of ether oxygens (including phenoxy) is 3. The summed E-state index contributed by atoms with van der Waals surface area (Å²) in [6, 6.07) is 14.8. The van der Waals surface area contributed by atoms with Crippen molar-refractivity contribution in [3.63, 3.8) is 0 Å². The summed E-state index contributed by atoms with van der Waals surface area (Å²) < 4.78 is 16.8. The molecule has 262 valence electrons. The monoisotopic (exact) mass is 674 g/mol. The van der Waals surface area contributed by atoms with Crippen molar-refractivity contribution in [3.05, 3.63) is 60.2 Å². The molecule has 13 nitrogen and oxygen atoms in total. The molecule has 4 rings (SSSR count). The Morgan fingerprint density at radius 3 is 2.24 bits per heavy atom. The van der Waals surface area contributed by atoms with E-state index in [1.165, 1.54) is 74.7 Å². The normalized spacial score (nSPS) is 10.9. The number of nitrogens with one attached hydrogen (secondary N) is 2. The Morgan fingerprint density at radius 2 is 1.57 bits per heavy atom. The molecule has 49 heavy (non-hydrogen) atoms. The van der Waals surface area contributed by atoms with Gasteiger partial charge in [-0.25, -0.2) is 14.6 Å². The smallest absolute Gasteiger partial charge is 0.420 e. The molecule has 2 heterocycles. The number of carbonyl (C=O) groups is 4. The number of aromatic nitrogens is 4. The maximum Gasteiger partial charge on any atom is 0.420 e. The number of nitrogens with zero attached hydrogens (tertiary/aromatic N) is 4. The molecule has 0 aliphatic carbocycles. The SMILES string of the molecule is CCCCCCCCCCCCOC(=O)CCC(=O)Nc1ccc(-c2nc3cc(N(C)C(=O)Oc4cccc(C(=O)OC)c4)nn3[nH]2)cc1. The van der Waals surface area contributed by atoms with Gasteiger partial charge in [0.25, 0.3) is 0 Å².